The largest absolute Gasteiger partial charge is 0.486 e. The minimum Gasteiger partial charge on any atom is -0.486 e. The molecule has 0 atom stereocenters. The van der Waals surface area contributed by atoms with E-state index < -0.39 is 5.97 Å². The van der Waals surface area contributed by atoms with E-state index in [9.17, 15) is 9.59 Å². The van der Waals surface area contributed by atoms with Gasteiger partial charge in [-0.15, -0.1) is 11.8 Å². The summed E-state index contributed by atoms with van der Waals surface area (Å²) < 4.78 is 15.6. The van der Waals surface area contributed by atoms with Crippen molar-refractivity contribution in [1.82, 2.24) is 0 Å². The lowest BCUT2D eigenvalue weighted by molar-refractivity contribution is -0.113. The Balaban J connectivity index is 1.53. The summed E-state index contributed by atoms with van der Waals surface area (Å²) in [6.45, 7) is 1.08. The van der Waals surface area contributed by atoms with Crippen LogP contribution in [0.4, 0.5) is 5.69 Å². The second kappa shape index (κ2) is 7.94. The molecule has 0 fully saturated rings. The minimum absolute atomic E-state index is 0.134. The third-order valence-corrected chi connectivity index (χ3v) is 4.47. The molecule has 130 valence electrons. The molecule has 0 unspecified atom stereocenters. The number of fused-ring (bicyclic) bond motifs is 1. The summed E-state index contributed by atoms with van der Waals surface area (Å²) in [5.41, 5.74) is 1.06. The van der Waals surface area contributed by atoms with Gasteiger partial charge in [0.1, 0.15) is 13.2 Å². The minimum atomic E-state index is -0.410. The van der Waals surface area contributed by atoms with E-state index in [0.717, 1.165) is 10.6 Å². The molecule has 1 N–H and O–H groups in total. The lowest BCUT2D eigenvalue weighted by atomic mass is 10.2. The monoisotopic (exact) mass is 359 g/mol. The van der Waals surface area contributed by atoms with Crippen LogP contribution in [-0.4, -0.2) is 38.0 Å². The Morgan fingerprint density at radius 1 is 1.08 bits per heavy atom. The summed E-state index contributed by atoms with van der Waals surface area (Å²) in [7, 11) is 1.33. The lowest BCUT2D eigenvalue weighted by Gasteiger charge is -2.18. The van der Waals surface area contributed by atoms with Crippen molar-refractivity contribution in [3.05, 3.63) is 48.0 Å². The lowest BCUT2D eigenvalue weighted by Crippen LogP contribution is -2.15. The van der Waals surface area contributed by atoms with Gasteiger partial charge in [0, 0.05) is 10.6 Å². The van der Waals surface area contributed by atoms with Gasteiger partial charge in [-0.3, -0.25) is 4.79 Å². The summed E-state index contributed by atoms with van der Waals surface area (Å²) in [5, 5.41) is 2.79. The summed E-state index contributed by atoms with van der Waals surface area (Å²) >= 11 is 1.41. The van der Waals surface area contributed by atoms with Gasteiger partial charge in [-0.2, -0.15) is 0 Å². The van der Waals surface area contributed by atoms with Crippen LogP contribution in [0, 0.1) is 0 Å². The second-order valence-corrected chi connectivity index (χ2v) is 6.26. The van der Waals surface area contributed by atoms with Gasteiger partial charge in [-0.1, -0.05) is 0 Å². The average molecular weight is 359 g/mol. The molecule has 1 amide bonds. The van der Waals surface area contributed by atoms with Gasteiger partial charge in [0.05, 0.1) is 18.4 Å². The number of ether oxygens (including phenoxy) is 3. The first kappa shape index (κ1) is 17.2. The van der Waals surface area contributed by atoms with Crippen molar-refractivity contribution in [2.45, 2.75) is 4.90 Å². The normalized spacial score (nSPS) is 12.4. The van der Waals surface area contributed by atoms with E-state index in [1.54, 1.807) is 24.3 Å². The molecule has 2 aromatic carbocycles. The quantitative estimate of drug-likeness (QED) is 0.654. The third-order valence-electron chi connectivity index (χ3n) is 3.47. The third kappa shape index (κ3) is 4.45. The van der Waals surface area contributed by atoms with Crippen LogP contribution >= 0.6 is 11.8 Å². The van der Waals surface area contributed by atoms with Gasteiger partial charge >= 0.3 is 5.97 Å². The van der Waals surface area contributed by atoms with Crippen LogP contribution in [0.5, 0.6) is 11.5 Å². The van der Waals surface area contributed by atoms with Crippen molar-refractivity contribution in [1.29, 1.82) is 0 Å². The van der Waals surface area contributed by atoms with Gasteiger partial charge in [0.2, 0.25) is 5.91 Å². The zero-order valence-electron chi connectivity index (χ0n) is 13.6. The van der Waals surface area contributed by atoms with Crippen LogP contribution in [0.2, 0.25) is 0 Å². The molecule has 1 heterocycles. The molecular weight excluding hydrogens is 342 g/mol. The summed E-state index contributed by atoms with van der Waals surface area (Å²) in [6, 6.07) is 12.2. The molecular formula is C18H17NO5S. The Kier molecular flexibility index (Phi) is 5.45. The van der Waals surface area contributed by atoms with Crippen LogP contribution in [0.25, 0.3) is 0 Å². The smallest absolute Gasteiger partial charge is 0.337 e. The predicted molar refractivity (Wildman–Crippen MR) is 94.6 cm³/mol. The van der Waals surface area contributed by atoms with Crippen molar-refractivity contribution in [3.63, 3.8) is 0 Å². The van der Waals surface area contributed by atoms with Crippen LogP contribution in [0.1, 0.15) is 10.4 Å². The number of hydrogen-bond acceptors (Lipinski definition) is 6. The fourth-order valence-electron chi connectivity index (χ4n) is 2.27. The number of benzene rings is 2. The molecule has 0 saturated carbocycles. The van der Waals surface area contributed by atoms with Crippen molar-refractivity contribution in [3.8, 4) is 11.5 Å². The number of methoxy groups -OCH3 is 1. The molecule has 1 aliphatic heterocycles. The fraction of sp³-hybridized carbons (Fsp3) is 0.222. The van der Waals surface area contributed by atoms with E-state index in [0.29, 0.717) is 30.2 Å². The number of hydrogen-bond donors (Lipinski definition) is 1. The van der Waals surface area contributed by atoms with Gasteiger partial charge < -0.3 is 19.5 Å². The molecule has 0 aliphatic carbocycles. The van der Waals surface area contributed by atoms with E-state index in [1.165, 1.54) is 18.9 Å². The Morgan fingerprint density at radius 2 is 1.80 bits per heavy atom. The SMILES string of the molecule is COC(=O)c1ccc(NC(=O)CSc2ccc3c(c2)OCCO3)cc1. The number of anilines is 1. The van der Waals surface area contributed by atoms with Crippen LogP contribution in [0.15, 0.2) is 47.4 Å². The van der Waals surface area contributed by atoms with E-state index in [4.69, 9.17) is 9.47 Å². The standard InChI is InChI=1S/C18H17NO5S/c1-22-18(21)12-2-4-13(5-3-12)19-17(20)11-25-14-6-7-15-16(10-14)24-9-8-23-15/h2-7,10H,8-9,11H2,1H3,(H,19,20). The zero-order valence-corrected chi connectivity index (χ0v) is 14.4. The molecule has 6 nitrogen and oxygen atoms in total. The van der Waals surface area contributed by atoms with Crippen LogP contribution < -0.4 is 14.8 Å². The first-order valence-electron chi connectivity index (χ1n) is 7.66. The molecule has 0 radical (unpaired) electrons. The van der Waals surface area contributed by atoms with Gasteiger partial charge in [0.15, 0.2) is 11.5 Å². The number of amides is 1. The molecule has 0 saturated heterocycles. The van der Waals surface area contributed by atoms with E-state index >= 15 is 0 Å². The number of thioether (sulfide) groups is 1. The van der Waals surface area contributed by atoms with Gasteiger partial charge in [0.25, 0.3) is 0 Å². The van der Waals surface area contributed by atoms with Crippen molar-refractivity contribution in [2.75, 3.05) is 31.4 Å². The second-order valence-electron chi connectivity index (χ2n) is 5.21. The number of esters is 1. The highest BCUT2D eigenvalue weighted by Crippen LogP contribution is 2.34. The molecule has 0 aromatic heterocycles. The summed E-state index contributed by atoms with van der Waals surface area (Å²) in [4.78, 5) is 24.4. The maximum atomic E-state index is 12.1. The number of carbonyl (C=O) groups is 2. The fourth-order valence-corrected chi connectivity index (χ4v) is 2.99. The molecule has 3 rings (SSSR count). The maximum Gasteiger partial charge on any atom is 0.337 e. The molecule has 7 heteroatoms. The zero-order chi connectivity index (χ0) is 17.6. The van der Waals surface area contributed by atoms with E-state index in [-0.39, 0.29) is 11.7 Å². The topological polar surface area (TPSA) is 73.9 Å². The molecule has 25 heavy (non-hydrogen) atoms. The Labute approximate surface area is 149 Å². The van der Waals surface area contributed by atoms with Crippen LogP contribution in [-0.2, 0) is 9.53 Å². The summed E-state index contributed by atoms with van der Waals surface area (Å²) in [5.74, 6) is 1.15. The van der Waals surface area contributed by atoms with Gasteiger partial charge in [-0.25, -0.2) is 4.79 Å². The molecule has 1 aliphatic rings. The molecule has 2 aromatic rings. The van der Waals surface area contributed by atoms with E-state index in [1.807, 2.05) is 18.2 Å². The number of nitrogens with one attached hydrogen (secondary N) is 1. The Bertz CT molecular complexity index is 776. The highest BCUT2D eigenvalue weighted by atomic mass is 32.2. The van der Waals surface area contributed by atoms with Crippen molar-refractivity contribution < 1.29 is 23.8 Å². The van der Waals surface area contributed by atoms with Crippen molar-refractivity contribution in [2.24, 2.45) is 0 Å². The van der Waals surface area contributed by atoms with E-state index in [2.05, 4.69) is 10.1 Å². The van der Waals surface area contributed by atoms with Crippen molar-refractivity contribution >= 4 is 29.3 Å². The average Bonchev–Trinajstić information content (AvgIpc) is 2.66. The Hall–Kier alpha value is -2.67. The van der Waals surface area contributed by atoms with Gasteiger partial charge in [-0.05, 0) is 42.5 Å². The highest BCUT2D eigenvalue weighted by molar-refractivity contribution is 8.00. The first-order chi connectivity index (χ1) is 12.2. The molecule has 0 bridgehead atoms. The van der Waals surface area contributed by atoms with Crippen LogP contribution in [0.3, 0.4) is 0 Å². The maximum absolute atomic E-state index is 12.1. The molecule has 0 spiro atoms. The first-order valence-corrected chi connectivity index (χ1v) is 8.65. The number of carbonyl (C=O) groups excluding carboxylic acids is 2. The number of rotatable bonds is 5. The Morgan fingerprint density at radius 3 is 2.52 bits per heavy atom. The summed E-state index contributed by atoms with van der Waals surface area (Å²) in [6.07, 6.45) is 0. The highest BCUT2D eigenvalue weighted by Gasteiger charge is 2.13. The predicted octanol–water partition coefficient (Wildman–Crippen LogP) is 2.98.